The van der Waals surface area contributed by atoms with Gasteiger partial charge in [-0.1, -0.05) is 6.92 Å². The highest BCUT2D eigenvalue weighted by molar-refractivity contribution is 5.40. The SMILES string of the molecule is CCC(C)(C)Nc1cc(OC)nc(C)n1. The predicted octanol–water partition coefficient (Wildman–Crippen LogP) is 2.39. The van der Waals surface area contributed by atoms with Crippen LogP contribution in [0, 0.1) is 6.92 Å². The lowest BCUT2D eigenvalue weighted by Crippen LogP contribution is -2.30. The largest absolute Gasteiger partial charge is 0.481 e. The molecule has 0 aliphatic heterocycles. The summed E-state index contributed by atoms with van der Waals surface area (Å²) in [6, 6.07) is 1.81. The molecular formula is C11H19N3O. The fourth-order valence-electron chi connectivity index (χ4n) is 1.14. The molecule has 4 nitrogen and oxygen atoms in total. The van der Waals surface area contributed by atoms with E-state index in [1.165, 1.54) is 0 Å². The number of hydrogen-bond donors (Lipinski definition) is 1. The molecule has 15 heavy (non-hydrogen) atoms. The summed E-state index contributed by atoms with van der Waals surface area (Å²) in [5, 5.41) is 3.35. The highest BCUT2D eigenvalue weighted by atomic mass is 16.5. The highest BCUT2D eigenvalue weighted by Crippen LogP contribution is 2.19. The van der Waals surface area contributed by atoms with Crippen LogP contribution in [0.1, 0.15) is 33.0 Å². The number of ether oxygens (including phenoxy) is 1. The lowest BCUT2D eigenvalue weighted by atomic mass is 10.0. The maximum Gasteiger partial charge on any atom is 0.218 e. The number of aromatic nitrogens is 2. The van der Waals surface area contributed by atoms with Gasteiger partial charge in [0.1, 0.15) is 11.6 Å². The molecule has 4 heteroatoms. The number of hydrogen-bond acceptors (Lipinski definition) is 4. The molecule has 1 N–H and O–H groups in total. The Morgan fingerprint density at radius 1 is 1.40 bits per heavy atom. The van der Waals surface area contributed by atoms with Crippen LogP contribution in [-0.2, 0) is 0 Å². The van der Waals surface area contributed by atoms with E-state index in [-0.39, 0.29) is 5.54 Å². The normalized spacial score (nSPS) is 11.3. The molecule has 1 rings (SSSR count). The molecule has 84 valence electrons. The number of aryl methyl sites for hydroxylation is 1. The monoisotopic (exact) mass is 209 g/mol. The Morgan fingerprint density at radius 2 is 2.07 bits per heavy atom. The molecule has 0 aliphatic carbocycles. The first kappa shape index (κ1) is 11.8. The van der Waals surface area contributed by atoms with E-state index in [1.807, 2.05) is 13.0 Å². The summed E-state index contributed by atoms with van der Waals surface area (Å²) in [4.78, 5) is 8.45. The van der Waals surface area contributed by atoms with Gasteiger partial charge in [-0.05, 0) is 27.2 Å². The molecule has 0 amide bonds. The topological polar surface area (TPSA) is 47.0 Å². The van der Waals surface area contributed by atoms with Gasteiger partial charge in [0.05, 0.1) is 7.11 Å². The summed E-state index contributed by atoms with van der Waals surface area (Å²) in [5.74, 6) is 2.12. The van der Waals surface area contributed by atoms with Crippen molar-refractivity contribution in [3.05, 3.63) is 11.9 Å². The first-order valence-corrected chi connectivity index (χ1v) is 5.14. The van der Waals surface area contributed by atoms with E-state index >= 15 is 0 Å². The Hall–Kier alpha value is -1.32. The minimum atomic E-state index is 0.0335. The summed E-state index contributed by atoms with van der Waals surface area (Å²) < 4.78 is 5.09. The predicted molar refractivity (Wildman–Crippen MR) is 61.3 cm³/mol. The van der Waals surface area contributed by atoms with Crippen LogP contribution in [0.5, 0.6) is 5.88 Å². The average Bonchev–Trinajstić information content (AvgIpc) is 2.16. The average molecular weight is 209 g/mol. The van der Waals surface area contributed by atoms with Gasteiger partial charge >= 0.3 is 0 Å². The third-order valence-corrected chi connectivity index (χ3v) is 2.37. The van der Waals surface area contributed by atoms with Crippen molar-refractivity contribution in [1.29, 1.82) is 0 Å². The van der Waals surface area contributed by atoms with Gasteiger partial charge < -0.3 is 10.1 Å². The molecule has 1 aromatic rings. The lowest BCUT2D eigenvalue weighted by Gasteiger charge is -2.25. The molecule has 0 atom stereocenters. The zero-order valence-electron chi connectivity index (χ0n) is 10.1. The number of nitrogens with one attached hydrogen (secondary N) is 1. The van der Waals surface area contributed by atoms with Crippen LogP contribution in [0.15, 0.2) is 6.07 Å². The van der Waals surface area contributed by atoms with Crippen molar-refractivity contribution in [1.82, 2.24) is 9.97 Å². The zero-order chi connectivity index (χ0) is 11.5. The van der Waals surface area contributed by atoms with Crippen molar-refractivity contribution in [2.45, 2.75) is 39.7 Å². The van der Waals surface area contributed by atoms with Crippen molar-refractivity contribution in [3.8, 4) is 5.88 Å². The van der Waals surface area contributed by atoms with E-state index in [2.05, 4.69) is 36.1 Å². The van der Waals surface area contributed by atoms with E-state index in [0.29, 0.717) is 11.7 Å². The van der Waals surface area contributed by atoms with Crippen LogP contribution < -0.4 is 10.1 Å². The van der Waals surface area contributed by atoms with Gasteiger partial charge in [0.15, 0.2) is 0 Å². The number of nitrogens with zero attached hydrogens (tertiary/aromatic N) is 2. The van der Waals surface area contributed by atoms with Crippen molar-refractivity contribution in [2.24, 2.45) is 0 Å². The third kappa shape index (κ3) is 3.38. The Kier molecular flexibility index (Phi) is 3.50. The van der Waals surface area contributed by atoms with Crippen LogP contribution in [0.3, 0.4) is 0 Å². The van der Waals surface area contributed by atoms with E-state index in [4.69, 9.17) is 4.74 Å². The van der Waals surface area contributed by atoms with Gasteiger partial charge in [0, 0.05) is 11.6 Å². The lowest BCUT2D eigenvalue weighted by molar-refractivity contribution is 0.395. The second-order valence-corrected chi connectivity index (χ2v) is 4.21. The van der Waals surface area contributed by atoms with Gasteiger partial charge in [0.2, 0.25) is 5.88 Å². The van der Waals surface area contributed by atoms with Gasteiger partial charge in [-0.2, -0.15) is 4.98 Å². The first-order valence-electron chi connectivity index (χ1n) is 5.14. The Balaban J connectivity index is 2.90. The number of methoxy groups -OCH3 is 1. The molecule has 0 aliphatic rings. The fourth-order valence-corrected chi connectivity index (χ4v) is 1.14. The zero-order valence-corrected chi connectivity index (χ0v) is 10.1. The third-order valence-electron chi connectivity index (χ3n) is 2.37. The number of rotatable bonds is 4. The Morgan fingerprint density at radius 3 is 2.60 bits per heavy atom. The smallest absolute Gasteiger partial charge is 0.218 e. The van der Waals surface area contributed by atoms with E-state index in [9.17, 15) is 0 Å². The molecular weight excluding hydrogens is 190 g/mol. The van der Waals surface area contributed by atoms with E-state index in [0.717, 1.165) is 12.2 Å². The summed E-state index contributed by atoms with van der Waals surface area (Å²) >= 11 is 0. The fraction of sp³-hybridized carbons (Fsp3) is 0.636. The van der Waals surface area contributed by atoms with Crippen LogP contribution in [0.25, 0.3) is 0 Å². The maximum atomic E-state index is 5.09. The van der Waals surface area contributed by atoms with Crippen LogP contribution in [0.2, 0.25) is 0 Å². The molecule has 0 unspecified atom stereocenters. The number of anilines is 1. The van der Waals surface area contributed by atoms with Crippen molar-refractivity contribution >= 4 is 5.82 Å². The van der Waals surface area contributed by atoms with E-state index in [1.54, 1.807) is 7.11 Å². The summed E-state index contributed by atoms with van der Waals surface area (Å²) in [7, 11) is 1.61. The Labute approximate surface area is 91.1 Å². The molecule has 0 bridgehead atoms. The molecule has 0 saturated carbocycles. The summed E-state index contributed by atoms with van der Waals surface area (Å²) in [6.07, 6.45) is 1.03. The second-order valence-electron chi connectivity index (χ2n) is 4.21. The molecule has 0 saturated heterocycles. The quantitative estimate of drug-likeness (QED) is 0.827. The van der Waals surface area contributed by atoms with Crippen molar-refractivity contribution < 1.29 is 4.74 Å². The molecule has 0 spiro atoms. The summed E-state index contributed by atoms with van der Waals surface area (Å²) in [5.41, 5.74) is 0.0335. The molecule has 1 aromatic heterocycles. The highest BCUT2D eigenvalue weighted by Gasteiger charge is 2.15. The first-order chi connectivity index (χ1) is 6.96. The molecule has 1 heterocycles. The molecule has 0 fully saturated rings. The molecule has 0 aromatic carbocycles. The summed E-state index contributed by atoms with van der Waals surface area (Å²) in [6.45, 7) is 8.26. The van der Waals surface area contributed by atoms with Gasteiger partial charge in [-0.25, -0.2) is 4.98 Å². The van der Waals surface area contributed by atoms with Gasteiger partial charge in [-0.3, -0.25) is 0 Å². The van der Waals surface area contributed by atoms with Crippen LogP contribution >= 0.6 is 0 Å². The second kappa shape index (κ2) is 4.47. The van der Waals surface area contributed by atoms with E-state index < -0.39 is 0 Å². The van der Waals surface area contributed by atoms with Crippen LogP contribution in [0.4, 0.5) is 5.82 Å². The standard InChI is InChI=1S/C11H19N3O/c1-6-11(3,4)14-9-7-10(15-5)13-8(2)12-9/h7H,6H2,1-5H3,(H,12,13,14). The van der Waals surface area contributed by atoms with Crippen LogP contribution in [-0.4, -0.2) is 22.6 Å². The van der Waals surface area contributed by atoms with Crippen molar-refractivity contribution in [2.75, 3.05) is 12.4 Å². The van der Waals surface area contributed by atoms with Crippen molar-refractivity contribution in [3.63, 3.8) is 0 Å². The molecule has 0 radical (unpaired) electrons. The van der Waals surface area contributed by atoms with Gasteiger partial charge in [0.25, 0.3) is 0 Å². The van der Waals surface area contributed by atoms with Gasteiger partial charge in [-0.15, -0.1) is 0 Å². The maximum absolute atomic E-state index is 5.09. The Bertz CT molecular complexity index is 337. The minimum Gasteiger partial charge on any atom is -0.481 e. The minimum absolute atomic E-state index is 0.0335.